The molecule has 1 aromatic heterocycles. The zero-order valence-corrected chi connectivity index (χ0v) is 24.7. The van der Waals surface area contributed by atoms with Crippen LogP contribution in [0, 0.1) is 0 Å². The van der Waals surface area contributed by atoms with E-state index in [4.69, 9.17) is 0 Å². The van der Waals surface area contributed by atoms with Crippen LogP contribution in [0.5, 0.6) is 0 Å². The van der Waals surface area contributed by atoms with Crippen molar-refractivity contribution < 1.29 is 17.3 Å². The molecule has 0 aliphatic rings. The molecule has 0 atom stereocenters. The standard InChI is InChI=1S/C33H36NS.BF4/c1-32(2,3)30-23-26(24-31(35-30)33(4,5)6)18-17-25-19-21-29(22-20-25)34(27-13-9-7-10-14-27)28-15-11-8-12-16-28;2-1(3,4)5/h7-24H,1-6H3;/q+1;-1. The number of hydrogen-bond acceptors (Lipinski definition) is 1. The van der Waals surface area contributed by atoms with E-state index in [9.17, 15) is 17.3 Å². The summed E-state index contributed by atoms with van der Waals surface area (Å²) in [6.45, 7) is 13.8. The van der Waals surface area contributed by atoms with Gasteiger partial charge in [-0.25, -0.2) is 0 Å². The number of halogens is 4. The molecule has 0 saturated heterocycles. The van der Waals surface area contributed by atoms with Crippen LogP contribution in [0.3, 0.4) is 0 Å². The Bertz CT molecular complexity index is 1310. The van der Waals surface area contributed by atoms with Crippen molar-refractivity contribution in [2.24, 2.45) is 0 Å². The molecule has 0 bridgehead atoms. The summed E-state index contributed by atoms with van der Waals surface area (Å²) in [7, 11) is -6.00. The average molecular weight is 566 g/mol. The minimum absolute atomic E-state index is 0.133. The quantitative estimate of drug-likeness (QED) is 0.132. The summed E-state index contributed by atoms with van der Waals surface area (Å²) in [6, 6.07) is 34.5. The first kappa shape index (κ1) is 31.1. The monoisotopic (exact) mass is 565 g/mol. The molecule has 0 saturated carbocycles. The zero-order chi connectivity index (χ0) is 29.6. The van der Waals surface area contributed by atoms with Crippen LogP contribution in [0.25, 0.3) is 12.2 Å². The summed E-state index contributed by atoms with van der Waals surface area (Å²) in [5.74, 6) is 0. The molecule has 4 rings (SSSR count). The lowest BCUT2D eigenvalue weighted by Crippen LogP contribution is -2.14. The summed E-state index contributed by atoms with van der Waals surface area (Å²) in [6.07, 6.45) is 4.47. The maximum atomic E-state index is 9.75. The third-order valence-corrected chi connectivity index (χ3v) is 7.84. The van der Waals surface area contributed by atoms with E-state index >= 15 is 0 Å². The summed E-state index contributed by atoms with van der Waals surface area (Å²) in [4.78, 5) is 5.12. The molecule has 0 amide bonds. The lowest BCUT2D eigenvalue weighted by molar-refractivity contribution is 0.368. The topological polar surface area (TPSA) is 3.24 Å². The van der Waals surface area contributed by atoms with Crippen molar-refractivity contribution in [2.45, 2.75) is 52.4 Å². The van der Waals surface area contributed by atoms with Gasteiger partial charge in [0.05, 0.1) is 0 Å². The molecule has 0 spiro atoms. The largest absolute Gasteiger partial charge is 0.673 e. The first-order valence-corrected chi connectivity index (χ1v) is 14.0. The predicted octanol–water partition coefficient (Wildman–Crippen LogP) is 11.6. The van der Waals surface area contributed by atoms with Crippen LogP contribution in [-0.4, -0.2) is 7.25 Å². The molecule has 0 aliphatic heterocycles. The van der Waals surface area contributed by atoms with Gasteiger partial charge in [0.1, 0.15) is 0 Å². The molecular weight excluding hydrogens is 529 g/mol. The molecule has 0 radical (unpaired) electrons. The lowest BCUT2D eigenvalue weighted by atomic mass is 9.91. The summed E-state index contributed by atoms with van der Waals surface area (Å²) in [5.41, 5.74) is 6.16. The van der Waals surface area contributed by atoms with Gasteiger partial charge < -0.3 is 22.2 Å². The molecule has 0 fully saturated rings. The highest BCUT2D eigenvalue weighted by molar-refractivity contribution is 7.12. The fraction of sp³-hybridized carbons (Fsp3) is 0.242. The summed E-state index contributed by atoms with van der Waals surface area (Å²) in [5, 5.41) is 0. The summed E-state index contributed by atoms with van der Waals surface area (Å²) < 4.78 is 39.0. The molecule has 7 heteroatoms. The van der Waals surface area contributed by atoms with Crippen LogP contribution < -0.4 is 4.90 Å². The number of benzene rings is 3. The molecule has 3 aromatic carbocycles. The second-order valence-electron chi connectivity index (χ2n) is 11.5. The Morgan fingerprint density at radius 3 is 1.27 bits per heavy atom. The van der Waals surface area contributed by atoms with E-state index in [1.54, 1.807) is 0 Å². The molecule has 1 heterocycles. The molecule has 0 unspecified atom stereocenters. The van der Waals surface area contributed by atoms with Crippen molar-refractivity contribution in [1.29, 1.82) is 0 Å². The van der Waals surface area contributed by atoms with Gasteiger partial charge in [0, 0.05) is 40.0 Å². The fourth-order valence-corrected chi connectivity index (χ4v) is 5.12. The zero-order valence-electron chi connectivity index (χ0n) is 23.8. The van der Waals surface area contributed by atoms with Gasteiger partial charge in [-0.3, -0.25) is 0 Å². The number of hydrogen-bond donors (Lipinski definition) is 0. The minimum Gasteiger partial charge on any atom is -0.418 e. The Morgan fingerprint density at radius 2 is 0.900 bits per heavy atom. The number of nitrogens with zero attached hydrogens (tertiary/aromatic N) is 1. The van der Waals surface area contributed by atoms with Crippen LogP contribution in [0.4, 0.5) is 34.3 Å². The van der Waals surface area contributed by atoms with E-state index in [-0.39, 0.29) is 10.8 Å². The third-order valence-electron chi connectivity index (χ3n) is 5.94. The number of para-hydroxylation sites is 2. The second kappa shape index (κ2) is 12.8. The van der Waals surface area contributed by atoms with Crippen LogP contribution in [0.2, 0.25) is 0 Å². The maximum Gasteiger partial charge on any atom is 0.673 e. The van der Waals surface area contributed by atoms with Crippen molar-refractivity contribution >= 4 is 47.8 Å². The first-order chi connectivity index (χ1) is 18.6. The minimum atomic E-state index is -6.00. The Labute approximate surface area is 239 Å². The maximum absolute atomic E-state index is 9.75. The number of anilines is 3. The lowest BCUT2D eigenvalue weighted by Gasteiger charge is -2.25. The van der Waals surface area contributed by atoms with E-state index < -0.39 is 7.25 Å². The SMILES string of the molecule is CC(C)(C)c1cc(C=Cc2ccc(N(c3ccccc3)c3ccccc3)cc2)cc(C(C)(C)C)[s+]1.F[B-](F)(F)F. The smallest absolute Gasteiger partial charge is 0.418 e. The van der Waals surface area contributed by atoms with Gasteiger partial charge in [-0.1, -0.05) is 102 Å². The Balaban J connectivity index is 0.000000810. The van der Waals surface area contributed by atoms with Gasteiger partial charge in [0.2, 0.25) is 21.1 Å². The van der Waals surface area contributed by atoms with E-state index in [1.807, 2.05) is 11.3 Å². The Morgan fingerprint density at radius 1 is 0.550 bits per heavy atom. The van der Waals surface area contributed by atoms with Crippen LogP contribution in [0.1, 0.15) is 62.4 Å². The molecule has 1 nitrogen and oxygen atoms in total. The van der Waals surface area contributed by atoms with Crippen molar-refractivity contribution in [3.8, 4) is 0 Å². The van der Waals surface area contributed by atoms with E-state index in [2.05, 4.69) is 156 Å². The molecule has 4 aromatic rings. The fourth-order valence-electron chi connectivity index (χ4n) is 3.89. The van der Waals surface area contributed by atoms with Crippen LogP contribution in [0.15, 0.2) is 97.1 Å². The van der Waals surface area contributed by atoms with Crippen molar-refractivity contribution in [1.82, 2.24) is 0 Å². The van der Waals surface area contributed by atoms with Crippen molar-refractivity contribution in [3.05, 3.63) is 118 Å². The van der Waals surface area contributed by atoms with Crippen molar-refractivity contribution in [2.75, 3.05) is 4.90 Å². The predicted molar refractivity (Wildman–Crippen MR) is 166 cm³/mol. The van der Waals surface area contributed by atoms with Gasteiger partial charge >= 0.3 is 7.25 Å². The molecule has 210 valence electrons. The highest BCUT2D eigenvalue weighted by Gasteiger charge is 2.31. The van der Waals surface area contributed by atoms with Gasteiger partial charge in [-0.05, 0) is 47.5 Å². The molecule has 40 heavy (non-hydrogen) atoms. The van der Waals surface area contributed by atoms with E-state index in [0.29, 0.717) is 0 Å². The van der Waals surface area contributed by atoms with Crippen LogP contribution in [-0.2, 0) is 10.8 Å². The van der Waals surface area contributed by atoms with Gasteiger partial charge in [0.15, 0.2) is 0 Å². The van der Waals surface area contributed by atoms with Crippen molar-refractivity contribution in [3.63, 3.8) is 0 Å². The number of rotatable bonds is 5. The molecular formula is C33H36BF4NS. The van der Waals surface area contributed by atoms with Gasteiger partial charge in [-0.15, -0.1) is 0 Å². The highest BCUT2D eigenvalue weighted by Crippen LogP contribution is 2.36. The molecule has 0 aliphatic carbocycles. The third kappa shape index (κ3) is 9.63. The normalized spacial score (nSPS) is 12.2. The highest BCUT2D eigenvalue weighted by atomic mass is 32.1. The first-order valence-electron chi connectivity index (χ1n) is 13.2. The summed E-state index contributed by atoms with van der Waals surface area (Å²) >= 11 is 1.93. The average Bonchev–Trinajstić information content (AvgIpc) is 2.87. The van der Waals surface area contributed by atoms with E-state index in [1.165, 1.54) is 20.9 Å². The van der Waals surface area contributed by atoms with E-state index in [0.717, 1.165) is 17.1 Å². The second-order valence-corrected chi connectivity index (χ2v) is 12.6. The van der Waals surface area contributed by atoms with Gasteiger partial charge in [0.25, 0.3) is 0 Å². The Kier molecular flexibility index (Phi) is 9.96. The Hall–Kier alpha value is -3.45. The van der Waals surface area contributed by atoms with Gasteiger partial charge in [-0.2, -0.15) is 0 Å². The van der Waals surface area contributed by atoms with Crippen LogP contribution >= 0.6 is 11.3 Å². The molecule has 0 N–H and O–H groups in total.